The summed E-state index contributed by atoms with van der Waals surface area (Å²) in [7, 11) is 0. The van der Waals surface area contributed by atoms with Gasteiger partial charge < -0.3 is 10.2 Å². The van der Waals surface area contributed by atoms with Gasteiger partial charge in [0.25, 0.3) is 0 Å². The van der Waals surface area contributed by atoms with Crippen molar-refractivity contribution in [2.24, 2.45) is 5.73 Å². The molecular formula is C11H16N2O2. The quantitative estimate of drug-likeness (QED) is 0.801. The number of rotatable bonds is 3. The van der Waals surface area contributed by atoms with E-state index < -0.39 is 0 Å². The molecule has 0 spiro atoms. The van der Waals surface area contributed by atoms with E-state index in [1.807, 2.05) is 12.1 Å². The molecule has 2 rings (SSSR count). The van der Waals surface area contributed by atoms with Crippen molar-refractivity contribution in [2.75, 3.05) is 13.1 Å². The SMILES string of the molecule is NCc1ccc(CN2CCC(=O)CC2)o1. The number of nitrogens with zero attached hydrogens (tertiary/aromatic N) is 1. The molecular weight excluding hydrogens is 192 g/mol. The zero-order valence-electron chi connectivity index (χ0n) is 8.74. The normalized spacial score (nSPS) is 18.3. The van der Waals surface area contributed by atoms with Gasteiger partial charge in [-0.3, -0.25) is 9.69 Å². The van der Waals surface area contributed by atoms with Crippen molar-refractivity contribution in [1.29, 1.82) is 0 Å². The van der Waals surface area contributed by atoms with Gasteiger partial charge in [0.1, 0.15) is 17.3 Å². The number of hydrogen-bond acceptors (Lipinski definition) is 4. The summed E-state index contributed by atoms with van der Waals surface area (Å²) >= 11 is 0. The van der Waals surface area contributed by atoms with Gasteiger partial charge in [-0.25, -0.2) is 0 Å². The van der Waals surface area contributed by atoms with Crippen LogP contribution < -0.4 is 5.73 Å². The van der Waals surface area contributed by atoms with Crippen molar-refractivity contribution >= 4 is 5.78 Å². The van der Waals surface area contributed by atoms with Crippen LogP contribution in [0.2, 0.25) is 0 Å². The number of nitrogens with two attached hydrogens (primary N) is 1. The Bertz CT molecular complexity index is 336. The highest BCUT2D eigenvalue weighted by Gasteiger charge is 2.17. The second-order valence-corrected chi connectivity index (χ2v) is 3.89. The van der Waals surface area contributed by atoms with Crippen LogP contribution in [0.5, 0.6) is 0 Å². The molecule has 1 aliphatic rings. The number of furan rings is 1. The average Bonchev–Trinajstić information content (AvgIpc) is 2.69. The van der Waals surface area contributed by atoms with Crippen LogP contribution >= 0.6 is 0 Å². The fourth-order valence-electron chi connectivity index (χ4n) is 1.80. The second kappa shape index (κ2) is 4.59. The summed E-state index contributed by atoms with van der Waals surface area (Å²) in [4.78, 5) is 13.3. The van der Waals surface area contributed by atoms with Crippen LogP contribution in [-0.2, 0) is 17.9 Å². The molecule has 1 aromatic heterocycles. The summed E-state index contributed by atoms with van der Waals surface area (Å²) in [5.41, 5.74) is 5.46. The van der Waals surface area contributed by atoms with Crippen molar-refractivity contribution in [3.63, 3.8) is 0 Å². The van der Waals surface area contributed by atoms with Crippen LogP contribution in [0, 0.1) is 0 Å². The first-order chi connectivity index (χ1) is 7.28. The van der Waals surface area contributed by atoms with E-state index in [0.717, 1.165) is 31.2 Å². The number of hydrogen-bond donors (Lipinski definition) is 1. The number of carbonyl (C=O) groups is 1. The molecule has 0 aliphatic carbocycles. The lowest BCUT2D eigenvalue weighted by molar-refractivity contribution is -0.121. The monoisotopic (exact) mass is 208 g/mol. The van der Waals surface area contributed by atoms with E-state index in [4.69, 9.17) is 10.2 Å². The molecule has 0 amide bonds. The van der Waals surface area contributed by atoms with E-state index in [1.54, 1.807) is 0 Å². The second-order valence-electron chi connectivity index (χ2n) is 3.89. The Morgan fingerprint density at radius 2 is 1.93 bits per heavy atom. The zero-order chi connectivity index (χ0) is 10.7. The van der Waals surface area contributed by atoms with E-state index in [-0.39, 0.29) is 0 Å². The fraction of sp³-hybridized carbons (Fsp3) is 0.545. The Hall–Kier alpha value is -1.13. The molecule has 4 heteroatoms. The van der Waals surface area contributed by atoms with E-state index in [2.05, 4.69) is 4.90 Å². The Morgan fingerprint density at radius 3 is 2.53 bits per heavy atom. The molecule has 2 N–H and O–H groups in total. The largest absolute Gasteiger partial charge is 0.463 e. The molecule has 1 saturated heterocycles. The van der Waals surface area contributed by atoms with Gasteiger partial charge in [-0.15, -0.1) is 0 Å². The van der Waals surface area contributed by atoms with Crippen LogP contribution in [0.25, 0.3) is 0 Å². The minimum absolute atomic E-state index is 0.369. The van der Waals surface area contributed by atoms with Crippen molar-refractivity contribution < 1.29 is 9.21 Å². The van der Waals surface area contributed by atoms with E-state index in [1.165, 1.54) is 0 Å². The van der Waals surface area contributed by atoms with Gasteiger partial charge in [-0.05, 0) is 12.1 Å². The van der Waals surface area contributed by atoms with Crippen molar-refractivity contribution in [2.45, 2.75) is 25.9 Å². The van der Waals surface area contributed by atoms with Gasteiger partial charge in [0.2, 0.25) is 0 Å². The molecule has 4 nitrogen and oxygen atoms in total. The molecule has 0 bridgehead atoms. The first-order valence-electron chi connectivity index (χ1n) is 5.29. The van der Waals surface area contributed by atoms with Crippen LogP contribution in [0.3, 0.4) is 0 Å². The molecule has 1 aliphatic heterocycles. The maximum Gasteiger partial charge on any atom is 0.135 e. The molecule has 0 radical (unpaired) electrons. The highest BCUT2D eigenvalue weighted by molar-refractivity contribution is 5.79. The Kier molecular flexibility index (Phi) is 3.18. The maximum atomic E-state index is 11.0. The van der Waals surface area contributed by atoms with Crippen molar-refractivity contribution in [1.82, 2.24) is 4.90 Å². The number of Topliss-reactive ketones (excluding diaryl/α,β-unsaturated/α-hetero) is 1. The summed E-state index contributed by atoms with van der Waals surface area (Å²) in [5, 5.41) is 0. The van der Waals surface area contributed by atoms with Crippen LogP contribution in [0.15, 0.2) is 16.5 Å². The van der Waals surface area contributed by atoms with Gasteiger partial charge in [0, 0.05) is 25.9 Å². The van der Waals surface area contributed by atoms with E-state index >= 15 is 0 Å². The molecule has 0 aromatic carbocycles. The fourth-order valence-corrected chi connectivity index (χ4v) is 1.80. The molecule has 0 unspecified atom stereocenters. The summed E-state index contributed by atoms with van der Waals surface area (Å²) in [5.74, 6) is 2.12. The van der Waals surface area contributed by atoms with Gasteiger partial charge in [0.15, 0.2) is 0 Å². The van der Waals surface area contributed by atoms with Crippen LogP contribution in [-0.4, -0.2) is 23.8 Å². The zero-order valence-corrected chi connectivity index (χ0v) is 8.74. The third-order valence-corrected chi connectivity index (χ3v) is 2.71. The maximum absolute atomic E-state index is 11.0. The standard InChI is InChI=1S/C11H16N2O2/c12-7-10-1-2-11(15-10)8-13-5-3-9(14)4-6-13/h1-2H,3-8,12H2. The predicted molar refractivity (Wildman–Crippen MR) is 56.1 cm³/mol. The summed E-state index contributed by atoms with van der Waals surface area (Å²) in [6, 6.07) is 3.86. The number of likely N-dealkylation sites (tertiary alicyclic amines) is 1. The first kappa shape index (κ1) is 10.4. The van der Waals surface area contributed by atoms with Crippen LogP contribution in [0.4, 0.5) is 0 Å². The third kappa shape index (κ3) is 2.67. The number of piperidine rings is 1. The first-order valence-corrected chi connectivity index (χ1v) is 5.29. The molecule has 2 heterocycles. The molecule has 1 fully saturated rings. The highest BCUT2D eigenvalue weighted by Crippen LogP contribution is 2.13. The van der Waals surface area contributed by atoms with E-state index in [9.17, 15) is 4.79 Å². The molecule has 0 saturated carbocycles. The highest BCUT2D eigenvalue weighted by atomic mass is 16.3. The summed E-state index contributed by atoms with van der Waals surface area (Å²) < 4.78 is 5.51. The Labute approximate surface area is 89.0 Å². The van der Waals surface area contributed by atoms with Crippen molar-refractivity contribution in [3.05, 3.63) is 23.7 Å². The third-order valence-electron chi connectivity index (χ3n) is 2.71. The number of ketones is 1. The molecule has 82 valence electrons. The van der Waals surface area contributed by atoms with Crippen LogP contribution in [0.1, 0.15) is 24.4 Å². The van der Waals surface area contributed by atoms with E-state index in [0.29, 0.717) is 25.2 Å². The minimum Gasteiger partial charge on any atom is -0.463 e. The molecule has 1 aromatic rings. The summed E-state index contributed by atoms with van der Waals surface area (Å²) in [6.45, 7) is 2.92. The van der Waals surface area contributed by atoms with Gasteiger partial charge >= 0.3 is 0 Å². The average molecular weight is 208 g/mol. The smallest absolute Gasteiger partial charge is 0.135 e. The molecule has 0 atom stereocenters. The van der Waals surface area contributed by atoms with Gasteiger partial charge in [-0.2, -0.15) is 0 Å². The Balaban J connectivity index is 1.88. The predicted octanol–water partition coefficient (Wildman–Crippen LogP) is 0.903. The lowest BCUT2D eigenvalue weighted by Gasteiger charge is -2.24. The topological polar surface area (TPSA) is 59.5 Å². The van der Waals surface area contributed by atoms with Gasteiger partial charge in [0.05, 0.1) is 13.1 Å². The Morgan fingerprint density at radius 1 is 1.27 bits per heavy atom. The lowest BCUT2D eigenvalue weighted by Crippen LogP contribution is -2.33. The lowest BCUT2D eigenvalue weighted by atomic mass is 10.1. The van der Waals surface area contributed by atoms with Crippen molar-refractivity contribution in [3.8, 4) is 0 Å². The number of carbonyl (C=O) groups excluding carboxylic acids is 1. The molecule has 15 heavy (non-hydrogen) atoms. The minimum atomic E-state index is 0.369. The van der Waals surface area contributed by atoms with Gasteiger partial charge in [-0.1, -0.05) is 0 Å². The summed E-state index contributed by atoms with van der Waals surface area (Å²) in [6.07, 6.45) is 1.34.